The molecule has 104 valence electrons. The zero-order valence-electron chi connectivity index (χ0n) is 9.86. The first-order valence-corrected chi connectivity index (χ1v) is 7.54. The highest BCUT2D eigenvalue weighted by Crippen LogP contribution is 2.28. The van der Waals surface area contributed by atoms with Crippen LogP contribution in [0.25, 0.3) is 0 Å². The number of benzene rings is 1. The minimum atomic E-state index is -4.07. The minimum Gasteiger partial charge on any atom is -0.278 e. The number of sulfonamides is 1. The quantitative estimate of drug-likeness (QED) is 0.668. The molecule has 1 N–H and O–H groups in total. The summed E-state index contributed by atoms with van der Waals surface area (Å²) in [6.07, 6.45) is 2.79. The first-order valence-electron chi connectivity index (χ1n) is 5.27. The lowest BCUT2D eigenvalue weighted by molar-refractivity contribution is -0.387. The van der Waals surface area contributed by atoms with Crippen LogP contribution >= 0.6 is 15.9 Å². The molecule has 0 saturated heterocycles. The molecule has 0 aliphatic rings. The Balaban J connectivity index is 2.49. The highest BCUT2D eigenvalue weighted by Gasteiger charge is 2.26. The maximum absolute atomic E-state index is 12.2. The normalized spacial score (nSPS) is 11.1. The SMILES string of the molecule is O=[N+]([O-])c1ccc(Br)cc1S(=O)(=O)Nc1cccnc1. The van der Waals surface area contributed by atoms with Gasteiger partial charge in [-0.1, -0.05) is 15.9 Å². The molecule has 7 nitrogen and oxygen atoms in total. The average molecular weight is 358 g/mol. The minimum absolute atomic E-state index is 0.224. The van der Waals surface area contributed by atoms with Crippen LogP contribution in [0, 0.1) is 10.1 Å². The molecule has 0 unspecified atom stereocenters. The summed E-state index contributed by atoms with van der Waals surface area (Å²) in [6.45, 7) is 0. The van der Waals surface area contributed by atoms with Crippen molar-refractivity contribution in [3.05, 3.63) is 57.3 Å². The molecule has 0 bridgehead atoms. The molecule has 0 atom stereocenters. The Kier molecular flexibility index (Phi) is 4.00. The molecule has 1 aromatic heterocycles. The van der Waals surface area contributed by atoms with Crippen molar-refractivity contribution in [2.75, 3.05) is 4.72 Å². The Morgan fingerprint density at radius 2 is 2.05 bits per heavy atom. The van der Waals surface area contributed by atoms with Crippen LogP contribution in [0.15, 0.2) is 52.1 Å². The molecule has 0 fully saturated rings. The lowest BCUT2D eigenvalue weighted by Gasteiger charge is -2.08. The molecule has 1 heterocycles. The second-order valence-corrected chi connectivity index (χ2v) is 6.28. The number of nitro groups is 1. The lowest BCUT2D eigenvalue weighted by Crippen LogP contribution is -2.14. The van der Waals surface area contributed by atoms with Crippen molar-refractivity contribution in [2.24, 2.45) is 0 Å². The lowest BCUT2D eigenvalue weighted by atomic mass is 10.3. The summed E-state index contributed by atoms with van der Waals surface area (Å²) in [5.41, 5.74) is -0.272. The summed E-state index contributed by atoms with van der Waals surface area (Å²) in [4.78, 5) is 13.5. The van der Waals surface area contributed by atoms with Crippen LogP contribution < -0.4 is 4.72 Å². The summed E-state index contributed by atoms with van der Waals surface area (Å²) in [5, 5.41) is 10.9. The van der Waals surface area contributed by atoms with E-state index in [0.717, 1.165) is 6.07 Å². The number of nitrogens with one attached hydrogen (secondary N) is 1. The van der Waals surface area contributed by atoms with Crippen molar-refractivity contribution in [1.82, 2.24) is 4.98 Å². The van der Waals surface area contributed by atoms with Crippen molar-refractivity contribution in [3.8, 4) is 0 Å². The number of rotatable bonds is 4. The number of aromatic nitrogens is 1. The smallest absolute Gasteiger partial charge is 0.278 e. The highest BCUT2D eigenvalue weighted by molar-refractivity contribution is 9.10. The van der Waals surface area contributed by atoms with E-state index in [1.807, 2.05) is 0 Å². The first kappa shape index (κ1) is 14.4. The Morgan fingerprint density at radius 3 is 2.65 bits per heavy atom. The predicted octanol–water partition coefficient (Wildman–Crippen LogP) is 2.55. The average Bonchev–Trinajstić information content (AvgIpc) is 2.39. The van der Waals surface area contributed by atoms with Gasteiger partial charge in [0.1, 0.15) is 0 Å². The van der Waals surface area contributed by atoms with Crippen LogP contribution in [0.4, 0.5) is 11.4 Å². The van der Waals surface area contributed by atoms with Crippen molar-refractivity contribution >= 4 is 37.3 Å². The molecule has 2 rings (SSSR count). The molecule has 20 heavy (non-hydrogen) atoms. The Bertz CT molecular complexity index is 750. The number of nitro benzene ring substituents is 1. The first-order chi connectivity index (χ1) is 9.40. The van der Waals surface area contributed by atoms with E-state index in [-0.39, 0.29) is 5.69 Å². The van der Waals surface area contributed by atoms with E-state index in [1.165, 1.54) is 30.6 Å². The standard InChI is InChI=1S/C11H8BrN3O4S/c12-8-3-4-10(15(16)17)11(6-8)20(18,19)14-9-2-1-5-13-7-9/h1-7,14H. The molecule has 0 saturated carbocycles. The van der Waals surface area contributed by atoms with Gasteiger partial charge in [-0.2, -0.15) is 0 Å². The molecule has 2 aromatic rings. The second-order valence-electron chi connectivity index (χ2n) is 3.72. The van der Waals surface area contributed by atoms with Gasteiger partial charge < -0.3 is 0 Å². The Hall–Kier alpha value is -2.00. The molecule has 0 amide bonds. The van der Waals surface area contributed by atoms with E-state index < -0.39 is 25.5 Å². The van der Waals surface area contributed by atoms with Crippen LogP contribution in [0.5, 0.6) is 0 Å². The molecular weight excluding hydrogens is 350 g/mol. The van der Waals surface area contributed by atoms with E-state index in [1.54, 1.807) is 6.07 Å². The second kappa shape index (κ2) is 5.55. The number of nitrogens with zero attached hydrogens (tertiary/aromatic N) is 2. The van der Waals surface area contributed by atoms with Gasteiger partial charge in [-0.05, 0) is 24.3 Å². The molecule has 0 aliphatic heterocycles. The van der Waals surface area contributed by atoms with Gasteiger partial charge in [-0.15, -0.1) is 0 Å². The van der Waals surface area contributed by atoms with Gasteiger partial charge in [-0.25, -0.2) is 8.42 Å². The molecular formula is C11H8BrN3O4S. The maximum atomic E-state index is 12.2. The van der Waals surface area contributed by atoms with Crippen LogP contribution in [0.2, 0.25) is 0 Å². The third kappa shape index (κ3) is 3.11. The maximum Gasteiger partial charge on any atom is 0.289 e. The van der Waals surface area contributed by atoms with Gasteiger partial charge in [0.2, 0.25) is 0 Å². The van der Waals surface area contributed by atoms with Crippen LogP contribution in [-0.2, 0) is 10.0 Å². The summed E-state index contributed by atoms with van der Waals surface area (Å²) in [7, 11) is -4.07. The van der Waals surface area contributed by atoms with Gasteiger partial charge >= 0.3 is 0 Å². The van der Waals surface area contributed by atoms with Gasteiger partial charge in [-0.3, -0.25) is 19.8 Å². The molecule has 1 aromatic carbocycles. The fourth-order valence-electron chi connectivity index (χ4n) is 1.49. The monoisotopic (exact) mass is 357 g/mol. The fourth-order valence-corrected chi connectivity index (χ4v) is 3.24. The number of anilines is 1. The largest absolute Gasteiger partial charge is 0.289 e. The van der Waals surface area contributed by atoms with Gasteiger partial charge in [0.05, 0.1) is 16.8 Å². The van der Waals surface area contributed by atoms with E-state index in [0.29, 0.717) is 4.47 Å². The summed E-state index contributed by atoms with van der Waals surface area (Å²) in [5.74, 6) is 0. The number of pyridine rings is 1. The Morgan fingerprint density at radius 1 is 1.30 bits per heavy atom. The van der Waals surface area contributed by atoms with E-state index in [2.05, 4.69) is 25.6 Å². The summed E-state index contributed by atoms with van der Waals surface area (Å²) < 4.78 is 27.1. The highest BCUT2D eigenvalue weighted by atomic mass is 79.9. The van der Waals surface area contributed by atoms with Crippen LogP contribution in [0.3, 0.4) is 0 Å². The number of hydrogen-bond donors (Lipinski definition) is 1. The predicted molar refractivity (Wildman–Crippen MR) is 75.8 cm³/mol. The molecule has 9 heteroatoms. The van der Waals surface area contributed by atoms with E-state index in [9.17, 15) is 18.5 Å². The van der Waals surface area contributed by atoms with Crippen molar-refractivity contribution in [1.29, 1.82) is 0 Å². The fraction of sp³-hybridized carbons (Fsp3) is 0. The summed E-state index contributed by atoms with van der Waals surface area (Å²) >= 11 is 3.10. The van der Waals surface area contributed by atoms with Gasteiger partial charge in [0.15, 0.2) is 4.90 Å². The number of halogens is 1. The third-order valence-corrected chi connectivity index (χ3v) is 4.23. The third-order valence-electron chi connectivity index (χ3n) is 2.32. The van der Waals surface area contributed by atoms with Crippen LogP contribution in [0.1, 0.15) is 0 Å². The molecule has 0 aliphatic carbocycles. The zero-order valence-corrected chi connectivity index (χ0v) is 12.3. The molecule has 0 radical (unpaired) electrons. The summed E-state index contributed by atoms with van der Waals surface area (Å²) in [6, 6.07) is 6.75. The Labute approximate surface area is 123 Å². The van der Waals surface area contributed by atoms with Gasteiger partial charge in [0, 0.05) is 16.7 Å². The zero-order chi connectivity index (χ0) is 14.8. The van der Waals surface area contributed by atoms with Crippen molar-refractivity contribution < 1.29 is 13.3 Å². The van der Waals surface area contributed by atoms with E-state index >= 15 is 0 Å². The van der Waals surface area contributed by atoms with Crippen molar-refractivity contribution in [2.45, 2.75) is 4.90 Å². The topological polar surface area (TPSA) is 102 Å². The molecule has 0 spiro atoms. The van der Waals surface area contributed by atoms with Gasteiger partial charge in [0.25, 0.3) is 15.7 Å². The van der Waals surface area contributed by atoms with Crippen molar-refractivity contribution in [3.63, 3.8) is 0 Å². The van der Waals surface area contributed by atoms with Crippen LogP contribution in [-0.4, -0.2) is 18.3 Å². The number of hydrogen-bond acceptors (Lipinski definition) is 5. The van der Waals surface area contributed by atoms with E-state index in [4.69, 9.17) is 0 Å².